The lowest BCUT2D eigenvalue weighted by Crippen LogP contribution is -2.30. The van der Waals surface area contributed by atoms with E-state index in [1.807, 2.05) is 30.3 Å². The number of carbonyl (C=O) groups excluding carboxylic acids is 2. The van der Waals surface area contributed by atoms with Gasteiger partial charge in [-0.15, -0.1) is 0 Å². The van der Waals surface area contributed by atoms with E-state index in [0.29, 0.717) is 10.7 Å². The molecule has 0 saturated carbocycles. The zero-order valence-corrected chi connectivity index (χ0v) is 13.8. The molecular formula is C19H16ClNO3. The first-order chi connectivity index (χ1) is 11.5. The second-order valence-corrected chi connectivity index (χ2v) is 5.94. The zero-order valence-electron chi connectivity index (χ0n) is 13.1. The molecule has 0 radical (unpaired) electrons. The van der Waals surface area contributed by atoms with Crippen molar-refractivity contribution in [2.45, 2.75) is 19.4 Å². The third-order valence-electron chi connectivity index (χ3n) is 4.03. The number of amides is 1. The molecule has 2 aromatic carbocycles. The van der Waals surface area contributed by atoms with E-state index in [1.54, 1.807) is 31.2 Å². The van der Waals surface area contributed by atoms with Crippen LogP contribution in [0.2, 0.25) is 5.02 Å². The van der Waals surface area contributed by atoms with Crippen LogP contribution in [-0.2, 0) is 9.59 Å². The van der Waals surface area contributed by atoms with Crippen LogP contribution < -0.4 is 4.90 Å². The van der Waals surface area contributed by atoms with E-state index in [4.69, 9.17) is 11.6 Å². The number of anilines is 1. The Bertz CT molecular complexity index is 830. The van der Waals surface area contributed by atoms with Gasteiger partial charge in [-0.1, -0.05) is 54.9 Å². The molecule has 1 aliphatic rings. The minimum absolute atomic E-state index is 0.133. The van der Waals surface area contributed by atoms with Crippen LogP contribution >= 0.6 is 11.6 Å². The summed E-state index contributed by atoms with van der Waals surface area (Å²) in [4.78, 5) is 26.4. The Morgan fingerprint density at radius 2 is 1.88 bits per heavy atom. The van der Waals surface area contributed by atoms with Crippen molar-refractivity contribution in [2.24, 2.45) is 0 Å². The molecule has 1 aliphatic heterocycles. The molecule has 1 unspecified atom stereocenters. The molecule has 2 aromatic rings. The Balaban J connectivity index is 2.18. The minimum atomic E-state index is -0.662. The van der Waals surface area contributed by atoms with Crippen LogP contribution in [0.5, 0.6) is 0 Å². The molecule has 0 saturated heterocycles. The van der Waals surface area contributed by atoms with Crippen LogP contribution in [-0.4, -0.2) is 16.8 Å². The van der Waals surface area contributed by atoms with Gasteiger partial charge in [0.25, 0.3) is 5.91 Å². The first-order valence-electron chi connectivity index (χ1n) is 7.65. The second kappa shape index (κ2) is 6.49. The van der Waals surface area contributed by atoms with Gasteiger partial charge in [-0.2, -0.15) is 0 Å². The summed E-state index contributed by atoms with van der Waals surface area (Å²) in [6.07, 6.45) is 0.208. The smallest absolute Gasteiger partial charge is 0.294 e. The van der Waals surface area contributed by atoms with Gasteiger partial charge in [-0.3, -0.25) is 14.5 Å². The van der Waals surface area contributed by atoms with Crippen molar-refractivity contribution in [3.8, 4) is 0 Å². The Hall–Kier alpha value is -2.59. The number of nitrogens with zero attached hydrogens (tertiary/aromatic N) is 1. The number of hydrogen-bond acceptors (Lipinski definition) is 3. The highest BCUT2D eigenvalue weighted by atomic mass is 35.5. The van der Waals surface area contributed by atoms with E-state index in [9.17, 15) is 14.7 Å². The first-order valence-corrected chi connectivity index (χ1v) is 8.02. The molecule has 1 heterocycles. The van der Waals surface area contributed by atoms with Gasteiger partial charge in [-0.05, 0) is 23.8 Å². The van der Waals surface area contributed by atoms with Gasteiger partial charge in [0.15, 0.2) is 11.5 Å². The predicted molar refractivity (Wildman–Crippen MR) is 93.1 cm³/mol. The van der Waals surface area contributed by atoms with E-state index in [2.05, 4.69) is 0 Å². The highest BCUT2D eigenvalue weighted by molar-refractivity contribution is 6.31. The summed E-state index contributed by atoms with van der Waals surface area (Å²) < 4.78 is 0. The summed E-state index contributed by atoms with van der Waals surface area (Å²) in [5, 5.41) is 10.8. The maximum absolute atomic E-state index is 12.7. The summed E-state index contributed by atoms with van der Waals surface area (Å²) in [5.41, 5.74) is 1.42. The summed E-state index contributed by atoms with van der Waals surface area (Å²) in [6.45, 7) is 1.71. The third-order valence-corrected chi connectivity index (χ3v) is 4.27. The van der Waals surface area contributed by atoms with E-state index < -0.39 is 17.7 Å². The van der Waals surface area contributed by atoms with Crippen molar-refractivity contribution in [1.82, 2.24) is 0 Å². The fourth-order valence-electron chi connectivity index (χ4n) is 2.92. The van der Waals surface area contributed by atoms with Gasteiger partial charge < -0.3 is 5.11 Å². The van der Waals surface area contributed by atoms with E-state index >= 15 is 0 Å². The van der Waals surface area contributed by atoms with Crippen LogP contribution in [0.1, 0.15) is 24.9 Å². The van der Waals surface area contributed by atoms with Crippen molar-refractivity contribution in [2.75, 3.05) is 4.90 Å². The predicted octanol–water partition coefficient (Wildman–Crippen LogP) is 4.22. The molecule has 24 heavy (non-hydrogen) atoms. The van der Waals surface area contributed by atoms with Crippen LogP contribution in [0, 0.1) is 0 Å². The monoisotopic (exact) mass is 341 g/mol. The highest BCUT2D eigenvalue weighted by Gasteiger charge is 2.43. The number of rotatable bonds is 4. The number of hydrogen-bond donors (Lipinski definition) is 1. The van der Waals surface area contributed by atoms with Crippen molar-refractivity contribution in [3.05, 3.63) is 76.5 Å². The average molecular weight is 342 g/mol. The van der Waals surface area contributed by atoms with Gasteiger partial charge >= 0.3 is 0 Å². The Kier molecular flexibility index (Phi) is 4.40. The Morgan fingerprint density at radius 3 is 2.50 bits per heavy atom. The average Bonchev–Trinajstić information content (AvgIpc) is 2.86. The van der Waals surface area contributed by atoms with Crippen LogP contribution in [0.15, 0.2) is 65.9 Å². The lowest BCUT2D eigenvalue weighted by Gasteiger charge is -2.27. The molecule has 0 aromatic heterocycles. The molecule has 1 atom stereocenters. The third kappa shape index (κ3) is 2.69. The minimum Gasteiger partial charge on any atom is -0.503 e. The molecular weight excluding hydrogens is 326 g/mol. The highest BCUT2D eigenvalue weighted by Crippen LogP contribution is 2.41. The van der Waals surface area contributed by atoms with E-state index in [-0.39, 0.29) is 17.8 Å². The van der Waals surface area contributed by atoms with Crippen molar-refractivity contribution in [3.63, 3.8) is 0 Å². The normalized spacial score (nSPS) is 17.5. The molecule has 122 valence electrons. The lowest BCUT2D eigenvalue weighted by atomic mass is 9.95. The number of aliphatic hydroxyl groups excluding tert-OH is 1. The fraction of sp³-hybridized carbons (Fsp3) is 0.158. The fourth-order valence-corrected chi connectivity index (χ4v) is 3.11. The lowest BCUT2D eigenvalue weighted by molar-refractivity contribution is -0.118. The number of Topliss-reactive ketones (excluding diaryl/α,β-unsaturated/α-hetero) is 1. The molecule has 0 aliphatic carbocycles. The van der Waals surface area contributed by atoms with Gasteiger partial charge in [0.1, 0.15) is 0 Å². The summed E-state index contributed by atoms with van der Waals surface area (Å²) in [5.74, 6) is -1.34. The van der Waals surface area contributed by atoms with Crippen molar-refractivity contribution >= 4 is 29.0 Å². The maximum atomic E-state index is 12.7. The largest absolute Gasteiger partial charge is 0.503 e. The maximum Gasteiger partial charge on any atom is 0.294 e. The molecule has 4 nitrogen and oxygen atoms in total. The molecule has 3 rings (SSSR count). The number of aliphatic hydroxyl groups is 1. The number of ketones is 1. The molecule has 0 fully saturated rings. The van der Waals surface area contributed by atoms with E-state index in [1.165, 1.54) is 4.90 Å². The number of halogens is 1. The topological polar surface area (TPSA) is 57.6 Å². The molecule has 5 heteroatoms. The molecule has 0 bridgehead atoms. The van der Waals surface area contributed by atoms with Gasteiger partial charge in [0.2, 0.25) is 0 Å². The van der Waals surface area contributed by atoms with Crippen molar-refractivity contribution < 1.29 is 14.7 Å². The summed E-state index contributed by atoms with van der Waals surface area (Å²) in [7, 11) is 0. The SMILES string of the molecule is CCC(=O)C1=C(O)C(=O)N(c2cccc(Cl)c2)C1c1ccccc1. The zero-order chi connectivity index (χ0) is 17.3. The molecule has 1 amide bonds. The number of carbonyl (C=O) groups is 2. The van der Waals surface area contributed by atoms with Gasteiger partial charge in [-0.25, -0.2) is 0 Å². The van der Waals surface area contributed by atoms with Gasteiger partial charge in [0.05, 0.1) is 11.6 Å². The standard InChI is InChI=1S/C19H16ClNO3/c1-2-15(22)16-17(12-7-4-3-5-8-12)21(19(24)18(16)23)14-10-6-9-13(20)11-14/h3-11,17,23H,2H2,1H3. The second-order valence-electron chi connectivity index (χ2n) is 5.51. The Morgan fingerprint density at radius 1 is 1.17 bits per heavy atom. The van der Waals surface area contributed by atoms with Crippen LogP contribution in [0.3, 0.4) is 0 Å². The van der Waals surface area contributed by atoms with Gasteiger partial charge in [0, 0.05) is 17.1 Å². The Labute approximate surface area is 145 Å². The van der Waals surface area contributed by atoms with Crippen LogP contribution in [0.25, 0.3) is 0 Å². The van der Waals surface area contributed by atoms with Crippen LogP contribution in [0.4, 0.5) is 5.69 Å². The summed E-state index contributed by atoms with van der Waals surface area (Å²) >= 11 is 6.05. The molecule has 0 spiro atoms. The first kappa shape index (κ1) is 16.3. The molecule has 1 N–H and O–H groups in total. The number of benzene rings is 2. The van der Waals surface area contributed by atoms with Crippen molar-refractivity contribution in [1.29, 1.82) is 0 Å². The quantitative estimate of drug-likeness (QED) is 0.905. The van der Waals surface area contributed by atoms with E-state index in [0.717, 1.165) is 5.56 Å². The summed E-state index contributed by atoms with van der Waals surface area (Å²) in [6, 6.07) is 15.3.